The van der Waals surface area contributed by atoms with Gasteiger partial charge in [-0.2, -0.15) is 14.6 Å². The van der Waals surface area contributed by atoms with Crippen molar-refractivity contribution >= 4 is 11.6 Å². The molecule has 0 amide bonds. The van der Waals surface area contributed by atoms with Crippen LogP contribution < -0.4 is 4.90 Å². The third kappa shape index (κ3) is 3.91. The van der Waals surface area contributed by atoms with Crippen LogP contribution >= 0.6 is 0 Å². The lowest BCUT2D eigenvalue weighted by Crippen LogP contribution is -2.46. The summed E-state index contributed by atoms with van der Waals surface area (Å²) in [6.45, 7) is 11.6. The number of fused-ring (bicyclic) bond motifs is 1. The van der Waals surface area contributed by atoms with Gasteiger partial charge in [0, 0.05) is 44.4 Å². The molecule has 0 atom stereocenters. The Morgan fingerprint density at radius 2 is 1.58 bits per heavy atom. The van der Waals surface area contributed by atoms with Gasteiger partial charge in [0.25, 0.3) is 5.78 Å². The Morgan fingerprint density at radius 1 is 0.871 bits per heavy atom. The first kappa shape index (κ1) is 19.7. The zero-order chi connectivity index (χ0) is 21.4. The van der Waals surface area contributed by atoms with Crippen LogP contribution in [0.3, 0.4) is 0 Å². The molecule has 158 valence electrons. The molecule has 2 aromatic carbocycles. The van der Waals surface area contributed by atoms with Gasteiger partial charge in [-0.15, -0.1) is 0 Å². The molecule has 4 aromatic rings. The van der Waals surface area contributed by atoms with Gasteiger partial charge in [0.15, 0.2) is 0 Å². The Hall–Kier alpha value is -3.25. The van der Waals surface area contributed by atoms with Gasteiger partial charge in [0.2, 0.25) is 0 Å². The molecule has 0 aliphatic carbocycles. The standard InChI is InChI=1S/C25H28N6/c1-18-13-19(2)22(20(3)14-18)16-29-9-11-30(12-10-29)24-15-23(21-7-5-4-6-8-21)28-25-26-17-27-31(24)25/h4-8,13-15,17H,9-12,16H2,1-3H3. The number of piperazine rings is 1. The van der Waals surface area contributed by atoms with E-state index in [1.54, 1.807) is 6.33 Å². The van der Waals surface area contributed by atoms with E-state index < -0.39 is 0 Å². The molecule has 0 N–H and O–H groups in total. The Labute approximate surface area is 183 Å². The van der Waals surface area contributed by atoms with E-state index in [4.69, 9.17) is 4.98 Å². The quantitative estimate of drug-likeness (QED) is 0.506. The van der Waals surface area contributed by atoms with Gasteiger partial charge in [-0.25, -0.2) is 4.98 Å². The number of aromatic nitrogens is 4. The van der Waals surface area contributed by atoms with Crippen molar-refractivity contribution in [1.29, 1.82) is 0 Å². The summed E-state index contributed by atoms with van der Waals surface area (Å²) in [6.07, 6.45) is 1.58. The fourth-order valence-electron chi connectivity index (χ4n) is 4.60. The second kappa shape index (κ2) is 8.12. The Balaban J connectivity index is 1.37. The Morgan fingerprint density at radius 3 is 2.29 bits per heavy atom. The van der Waals surface area contributed by atoms with Crippen molar-refractivity contribution in [2.75, 3.05) is 31.1 Å². The first-order valence-corrected chi connectivity index (χ1v) is 10.9. The summed E-state index contributed by atoms with van der Waals surface area (Å²) in [5, 5.41) is 4.43. The maximum Gasteiger partial charge on any atom is 0.254 e. The predicted octanol–water partition coefficient (Wildman–Crippen LogP) is 4.04. The highest BCUT2D eigenvalue weighted by Gasteiger charge is 2.22. The number of aryl methyl sites for hydroxylation is 3. The molecule has 0 radical (unpaired) electrons. The van der Waals surface area contributed by atoms with Crippen LogP contribution in [0.1, 0.15) is 22.3 Å². The molecule has 1 aliphatic heterocycles. The monoisotopic (exact) mass is 412 g/mol. The van der Waals surface area contributed by atoms with E-state index in [-0.39, 0.29) is 0 Å². The second-order valence-electron chi connectivity index (χ2n) is 8.48. The largest absolute Gasteiger partial charge is 0.354 e. The minimum absolute atomic E-state index is 0.643. The lowest BCUT2D eigenvalue weighted by Gasteiger charge is -2.36. The first-order chi connectivity index (χ1) is 15.1. The van der Waals surface area contributed by atoms with Gasteiger partial charge >= 0.3 is 0 Å². The minimum Gasteiger partial charge on any atom is -0.354 e. The molecule has 31 heavy (non-hydrogen) atoms. The molecule has 3 heterocycles. The van der Waals surface area contributed by atoms with Crippen molar-refractivity contribution in [2.45, 2.75) is 27.3 Å². The molecule has 1 fully saturated rings. The zero-order valence-electron chi connectivity index (χ0n) is 18.4. The van der Waals surface area contributed by atoms with E-state index >= 15 is 0 Å². The van der Waals surface area contributed by atoms with Gasteiger partial charge in [-0.1, -0.05) is 48.0 Å². The number of nitrogens with zero attached hydrogens (tertiary/aromatic N) is 6. The highest BCUT2D eigenvalue weighted by molar-refractivity contribution is 5.65. The Bertz CT molecular complexity index is 1180. The summed E-state index contributed by atoms with van der Waals surface area (Å²) in [6, 6.07) is 17.0. The van der Waals surface area contributed by atoms with Gasteiger partial charge in [-0.3, -0.25) is 4.90 Å². The number of rotatable bonds is 4. The normalized spacial score (nSPS) is 15.0. The third-order valence-corrected chi connectivity index (χ3v) is 6.22. The highest BCUT2D eigenvalue weighted by atomic mass is 15.4. The van der Waals surface area contributed by atoms with Crippen molar-refractivity contribution < 1.29 is 0 Å². The van der Waals surface area contributed by atoms with Gasteiger partial charge in [0.1, 0.15) is 12.1 Å². The van der Waals surface area contributed by atoms with E-state index in [0.29, 0.717) is 5.78 Å². The van der Waals surface area contributed by atoms with Crippen molar-refractivity contribution in [3.8, 4) is 11.3 Å². The maximum absolute atomic E-state index is 4.71. The minimum atomic E-state index is 0.643. The van der Waals surface area contributed by atoms with Crippen LogP contribution in [0.4, 0.5) is 5.82 Å². The summed E-state index contributed by atoms with van der Waals surface area (Å²) in [4.78, 5) is 14.0. The molecule has 1 aliphatic rings. The van der Waals surface area contributed by atoms with E-state index in [9.17, 15) is 0 Å². The van der Waals surface area contributed by atoms with Crippen LogP contribution in [0.15, 0.2) is 54.9 Å². The smallest absolute Gasteiger partial charge is 0.254 e. The molecule has 6 heteroatoms. The highest BCUT2D eigenvalue weighted by Crippen LogP contribution is 2.25. The fourth-order valence-corrected chi connectivity index (χ4v) is 4.60. The summed E-state index contributed by atoms with van der Waals surface area (Å²) in [5.74, 6) is 1.70. The average Bonchev–Trinajstić information content (AvgIpc) is 3.25. The van der Waals surface area contributed by atoms with Crippen LogP contribution in [0.25, 0.3) is 17.0 Å². The first-order valence-electron chi connectivity index (χ1n) is 10.9. The van der Waals surface area contributed by atoms with Gasteiger partial charge in [0.05, 0.1) is 5.69 Å². The average molecular weight is 413 g/mol. The summed E-state index contributed by atoms with van der Waals surface area (Å²) < 4.78 is 1.86. The van der Waals surface area contributed by atoms with Gasteiger partial charge in [-0.05, 0) is 37.5 Å². The summed E-state index contributed by atoms with van der Waals surface area (Å²) in [7, 11) is 0. The van der Waals surface area contributed by atoms with Crippen molar-refractivity contribution in [3.05, 3.63) is 77.1 Å². The fraction of sp³-hybridized carbons (Fsp3) is 0.320. The van der Waals surface area contributed by atoms with Crippen LogP contribution in [0.2, 0.25) is 0 Å². The van der Waals surface area contributed by atoms with E-state index in [1.807, 2.05) is 22.7 Å². The number of hydrogen-bond acceptors (Lipinski definition) is 5. The Kier molecular flexibility index (Phi) is 5.16. The van der Waals surface area contributed by atoms with Crippen molar-refractivity contribution in [1.82, 2.24) is 24.5 Å². The lowest BCUT2D eigenvalue weighted by molar-refractivity contribution is 0.248. The van der Waals surface area contributed by atoms with Gasteiger partial charge < -0.3 is 4.90 Å². The number of anilines is 1. The van der Waals surface area contributed by atoms with Crippen LogP contribution in [0.5, 0.6) is 0 Å². The lowest BCUT2D eigenvalue weighted by atomic mass is 9.99. The molecule has 5 rings (SSSR count). The predicted molar refractivity (Wildman–Crippen MR) is 124 cm³/mol. The second-order valence-corrected chi connectivity index (χ2v) is 8.48. The zero-order valence-corrected chi connectivity index (χ0v) is 18.4. The molecule has 1 saturated heterocycles. The number of benzene rings is 2. The molecule has 0 spiro atoms. The molecular weight excluding hydrogens is 384 g/mol. The number of hydrogen-bond donors (Lipinski definition) is 0. The van der Waals surface area contributed by atoms with E-state index in [1.165, 1.54) is 22.3 Å². The summed E-state index contributed by atoms with van der Waals surface area (Å²) >= 11 is 0. The molecule has 6 nitrogen and oxygen atoms in total. The molecule has 2 aromatic heterocycles. The maximum atomic E-state index is 4.71. The van der Waals surface area contributed by atoms with E-state index in [0.717, 1.165) is 49.8 Å². The SMILES string of the molecule is Cc1cc(C)c(CN2CCN(c3cc(-c4ccccc4)nc4ncnn34)CC2)c(C)c1. The van der Waals surface area contributed by atoms with Crippen LogP contribution in [-0.4, -0.2) is 50.7 Å². The topological polar surface area (TPSA) is 49.6 Å². The molecule has 0 saturated carbocycles. The molecule has 0 bridgehead atoms. The molecular formula is C25H28N6. The summed E-state index contributed by atoms with van der Waals surface area (Å²) in [5.41, 5.74) is 7.62. The molecule has 0 unspecified atom stereocenters. The van der Waals surface area contributed by atoms with E-state index in [2.05, 4.69) is 71.0 Å². The van der Waals surface area contributed by atoms with Crippen LogP contribution in [-0.2, 0) is 6.54 Å². The van der Waals surface area contributed by atoms with Crippen molar-refractivity contribution in [2.24, 2.45) is 0 Å². The van der Waals surface area contributed by atoms with Crippen LogP contribution in [0, 0.1) is 20.8 Å². The van der Waals surface area contributed by atoms with Crippen molar-refractivity contribution in [3.63, 3.8) is 0 Å². The third-order valence-electron chi connectivity index (χ3n) is 6.22.